The van der Waals surface area contributed by atoms with Gasteiger partial charge in [0.2, 0.25) is 0 Å². The van der Waals surface area contributed by atoms with E-state index in [-0.39, 0.29) is 17.8 Å². The van der Waals surface area contributed by atoms with Gasteiger partial charge in [-0.25, -0.2) is 0 Å². The summed E-state index contributed by atoms with van der Waals surface area (Å²) in [5, 5.41) is 0. The molecule has 1 aromatic rings. The maximum Gasteiger partial charge on any atom is 0.175 e. The second-order valence-electron chi connectivity index (χ2n) is 5.00. The Morgan fingerprint density at radius 2 is 2.00 bits per heavy atom. The normalized spacial score (nSPS) is 11.2. The Kier molecular flexibility index (Phi) is 3.58. The molecule has 0 atom stereocenters. The van der Waals surface area contributed by atoms with E-state index in [1.165, 1.54) is 0 Å². The smallest absolute Gasteiger partial charge is 0.175 e. The van der Waals surface area contributed by atoms with E-state index in [0.29, 0.717) is 11.4 Å². The highest BCUT2D eigenvalue weighted by atomic mass is 16.5. The predicted molar refractivity (Wildman–Crippen MR) is 65.5 cm³/mol. The first kappa shape index (κ1) is 12.6. The Morgan fingerprint density at radius 1 is 1.38 bits per heavy atom. The van der Waals surface area contributed by atoms with Gasteiger partial charge in [0.25, 0.3) is 0 Å². The number of hydrogen-bond acceptors (Lipinski definition) is 3. The van der Waals surface area contributed by atoms with Crippen LogP contribution < -0.4 is 10.5 Å². The number of nitrogens with two attached hydrogens (primary N) is 1. The van der Waals surface area contributed by atoms with Crippen molar-refractivity contribution in [2.75, 3.05) is 12.3 Å². The van der Waals surface area contributed by atoms with Gasteiger partial charge >= 0.3 is 0 Å². The molecule has 0 aliphatic rings. The molecule has 0 saturated carbocycles. The zero-order chi connectivity index (χ0) is 12.3. The van der Waals surface area contributed by atoms with E-state index in [1.807, 2.05) is 39.8 Å². The summed E-state index contributed by atoms with van der Waals surface area (Å²) in [7, 11) is 0. The lowest BCUT2D eigenvalue weighted by Crippen LogP contribution is -2.26. The lowest BCUT2D eigenvalue weighted by Gasteiger charge is -2.17. The Labute approximate surface area is 96.6 Å². The average molecular weight is 221 g/mol. The molecule has 88 valence electrons. The number of ether oxygens (including phenoxy) is 1. The van der Waals surface area contributed by atoms with Gasteiger partial charge in [0, 0.05) is 5.41 Å². The number of carbonyl (C=O) groups excluding carboxylic acids is 1. The van der Waals surface area contributed by atoms with E-state index < -0.39 is 0 Å². The van der Waals surface area contributed by atoms with E-state index in [0.717, 1.165) is 5.56 Å². The minimum Gasteiger partial charge on any atom is -0.484 e. The average Bonchev–Trinajstić information content (AvgIpc) is 2.14. The summed E-state index contributed by atoms with van der Waals surface area (Å²) >= 11 is 0. The molecule has 16 heavy (non-hydrogen) atoms. The fourth-order valence-corrected chi connectivity index (χ4v) is 1.16. The van der Waals surface area contributed by atoms with E-state index >= 15 is 0 Å². The molecule has 2 N–H and O–H groups in total. The molecule has 0 fully saturated rings. The number of ketones is 1. The highest BCUT2D eigenvalue weighted by Gasteiger charge is 2.21. The maximum atomic E-state index is 11.7. The van der Waals surface area contributed by atoms with Crippen LogP contribution in [0.5, 0.6) is 5.75 Å². The van der Waals surface area contributed by atoms with Crippen LogP contribution in [0.15, 0.2) is 18.2 Å². The number of hydrogen-bond donors (Lipinski definition) is 1. The van der Waals surface area contributed by atoms with Crippen LogP contribution in [0.1, 0.15) is 26.3 Å². The van der Waals surface area contributed by atoms with Gasteiger partial charge in [0.1, 0.15) is 12.4 Å². The molecule has 1 aromatic carbocycles. The SMILES string of the molecule is Cc1ccc(OCC(=O)C(C)(C)C)c(N)c1. The first-order chi connectivity index (χ1) is 7.30. The molecule has 0 spiro atoms. The van der Waals surface area contributed by atoms with E-state index in [1.54, 1.807) is 6.07 Å². The highest BCUT2D eigenvalue weighted by molar-refractivity contribution is 5.85. The molecule has 0 amide bonds. The molecule has 0 bridgehead atoms. The molecule has 0 aromatic heterocycles. The van der Waals surface area contributed by atoms with Crippen molar-refractivity contribution in [1.29, 1.82) is 0 Å². The summed E-state index contributed by atoms with van der Waals surface area (Å²) in [4.78, 5) is 11.7. The van der Waals surface area contributed by atoms with Crippen molar-refractivity contribution in [3.63, 3.8) is 0 Å². The van der Waals surface area contributed by atoms with E-state index in [2.05, 4.69) is 0 Å². The van der Waals surface area contributed by atoms with Gasteiger partial charge in [-0.1, -0.05) is 26.8 Å². The number of Topliss-reactive ketones (excluding diaryl/α,β-unsaturated/α-hetero) is 1. The fourth-order valence-electron chi connectivity index (χ4n) is 1.16. The predicted octanol–water partition coefficient (Wildman–Crippen LogP) is 2.57. The monoisotopic (exact) mass is 221 g/mol. The Morgan fingerprint density at radius 3 is 2.50 bits per heavy atom. The van der Waals surface area contributed by atoms with E-state index in [9.17, 15) is 4.79 Å². The quantitative estimate of drug-likeness (QED) is 0.798. The molecule has 3 nitrogen and oxygen atoms in total. The third kappa shape index (κ3) is 3.26. The molecule has 0 saturated heterocycles. The molecule has 0 radical (unpaired) electrons. The lowest BCUT2D eigenvalue weighted by molar-refractivity contribution is -0.128. The Balaban J connectivity index is 2.65. The summed E-state index contributed by atoms with van der Waals surface area (Å²) in [6.45, 7) is 7.64. The number of nitrogen functional groups attached to an aromatic ring is 1. The number of aryl methyl sites for hydroxylation is 1. The number of benzene rings is 1. The van der Waals surface area contributed by atoms with Crippen LogP contribution in [0.2, 0.25) is 0 Å². The molecule has 3 heteroatoms. The van der Waals surface area contributed by atoms with Crippen LogP contribution in [-0.2, 0) is 4.79 Å². The largest absolute Gasteiger partial charge is 0.484 e. The molecule has 1 rings (SSSR count). The third-order valence-electron chi connectivity index (χ3n) is 2.36. The van der Waals surface area contributed by atoms with Crippen LogP contribution in [0, 0.1) is 12.3 Å². The number of carbonyl (C=O) groups is 1. The van der Waals surface area contributed by atoms with Crippen molar-refractivity contribution in [2.45, 2.75) is 27.7 Å². The highest BCUT2D eigenvalue weighted by Crippen LogP contribution is 2.23. The van der Waals surface area contributed by atoms with Gasteiger partial charge in [-0.15, -0.1) is 0 Å². The van der Waals surface area contributed by atoms with Crippen LogP contribution in [0.25, 0.3) is 0 Å². The summed E-state index contributed by atoms with van der Waals surface area (Å²) in [5.74, 6) is 0.635. The summed E-state index contributed by atoms with van der Waals surface area (Å²) in [6, 6.07) is 5.53. The molecule has 0 heterocycles. The molecule has 0 aliphatic carbocycles. The third-order valence-corrected chi connectivity index (χ3v) is 2.36. The van der Waals surface area contributed by atoms with Crippen LogP contribution in [0.4, 0.5) is 5.69 Å². The second-order valence-corrected chi connectivity index (χ2v) is 5.00. The van der Waals surface area contributed by atoms with Gasteiger partial charge in [-0.2, -0.15) is 0 Å². The lowest BCUT2D eigenvalue weighted by atomic mass is 9.91. The first-order valence-electron chi connectivity index (χ1n) is 5.33. The van der Waals surface area contributed by atoms with Crippen LogP contribution in [0.3, 0.4) is 0 Å². The Hall–Kier alpha value is -1.51. The summed E-state index contributed by atoms with van der Waals surface area (Å²) in [6.07, 6.45) is 0. The van der Waals surface area contributed by atoms with Crippen LogP contribution in [-0.4, -0.2) is 12.4 Å². The van der Waals surface area contributed by atoms with Gasteiger partial charge < -0.3 is 10.5 Å². The molecule has 0 unspecified atom stereocenters. The van der Waals surface area contributed by atoms with Crippen molar-refractivity contribution < 1.29 is 9.53 Å². The second kappa shape index (κ2) is 4.56. The zero-order valence-corrected chi connectivity index (χ0v) is 10.3. The molecule has 0 aliphatic heterocycles. The zero-order valence-electron chi connectivity index (χ0n) is 10.3. The van der Waals surface area contributed by atoms with Gasteiger partial charge in [0.05, 0.1) is 5.69 Å². The fraction of sp³-hybridized carbons (Fsp3) is 0.462. The van der Waals surface area contributed by atoms with Crippen molar-refractivity contribution in [3.05, 3.63) is 23.8 Å². The standard InChI is InChI=1S/C13H19NO2/c1-9-5-6-11(10(14)7-9)16-8-12(15)13(2,3)4/h5-7H,8,14H2,1-4H3. The van der Waals surface area contributed by atoms with Crippen molar-refractivity contribution >= 4 is 11.5 Å². The summed E-state index contributed by atoms with van der Waals surface area (Å²) < 4.78 is 5.41. The molecular formula is C13H19NO2. The number of anilines is 1. The van der Waals surface area contributed by atoms with Gasteiger partial charge in [-0.05, 0) is 24.6 Å². The Bertz CT molecular complexity index is 391. The number of rotatable bonds is 3. The minimum absolute atomic E-state index is 0.0625. The van der Waals surface area contributed by atoms with Gasteiger partial charge in [0.15, 0.2) is 5.78 Å². The van der Waals surface area contributed by atoms with Crippen LogP contribution >= 0.6 is 0 Å². The summed E-state index contributed by atoms with van der Waals surface area (Å²) in [5.41, 5.74) is 7.05. The van der Waals surface area contributed by atoms with E-state index in [4.69, 9.17) is 10.5 Å². The molecular weight excluding hydrogens is 202 g/mol. The van der Waals surface area contributed by atoms with Crippen molar-refractivity contribution in [2.24, 2.45) is 5.41 Å². The maximum absolute atomic E-state index is 11.7. The first-order valence-corrected chi connectivity index (χ1v) is 5.33. The van der Waals surface area contributed by atoms with Crippen molar-refractivity contribution in [3.8, 4) is 5.75 Å². The van der Waals surface area contributed by atoms with Crippen molar-refractivity contribution in [1.82, 2.24) is 0 Å². The minimum atomic E-state index is -0.376. The topological polar surface area (TPSA) is 52.3 Å². The van der Waals surface area contributed by atoms with Gasteiger partial charge in [-0.3, -0.25) is 4.79 Å².